The molecule has 0 spiro atoms. The summed E-state index contributed by atoms with van der Waals surface area (Å²) in [6, 6.07) is 5.60. The number of halogens is 6. The lowest BCUT2D eigenvalue weighted by atomic mass is 9.79. The minimum atomic E-state index is -5.36. The third-order valence-electron chi connectivity index (χ3n) is 2.73. The van der Waals surface area contributed by atoms with Crippen LogP contribution in [0.5, 0.6) is 5.75 Å². The number of rotatable bonds is 4. The van der Waals surface area contributed by atoms with Crippen LogP contribution in [0.1, 0.15) is 5.56 Å². The van der Waals surface area contributed by atoms with Crippen LogP contribution < -0.4 is 10.2 Å². The Morgan fingerprint density at radius 2 is 1.71 bits per heavy atom. The van der Waals surface area contributed by atoms with Gasteiger partial charge in [-0.1, -0.05) is 29.2 Å². The number of hydrogen-bond acceptors (Lipinski definition) is 1. The maximum absolute atomic E-state index is 13.5. The van der Waals surface area contributed by atoms with Gasteiger partial charge in [0.15, 0.2) is 0 Å². The largest absolute Gasteiger partial charge is 0.513 e. The molecule has 0 N–H and O–H groups in total. The van der Waals surface area contributed by atoms with E-state index in [-0.39, 0.29) is 10.6 Å². The first-order chi connectivity index (χ1) is 9.77. The maximum atomic E-state index is 13.5. The zero-order valence-electron chi connectivity index (χ0n) is 10.4. The summed E-state index contributed by atoms with van der Waals surface area (Å²) >= 11 is 5.56. The first-order valence-corrected chi connectivity index (χ1v) is 6.21. The molecule has 0 amide bonds. The van der Waals surface area contributed by atoms with Gasteiger partial charge in [-0.2, -0.15) is 0 Å². The average Bonchev–Trinajstić information content (AvgIpc) is 2.36. The van der Waals surface area contributed by atoms with Crippen molar-refractivity contribution >= 4 is 24.0 Å². The molecule has 0 aliphatic carbocycles. The molecule has 112 valence electrons. The predicted molar refractivity (Wildman–Crippen MR) is 70.9 cm³/mol. The van der Waals surface area contributed by atoms with E-state index in [1.54, 1.807) is 0 Å². The maximum Gasteiger partial charge on any atom is 0.513 e. The van der Waals surface area contributed by atoms with E-state index in [0.717, 1.165) is 6.07 Å². The second-order valence-electron chi connectivity index (χ2n) is 4.28. The molecule has 2 aromatic rings. The van der Waals surface area contributed by atoms with Crippen molar-refractivity contribution in [1.82, 2.24) is 0 Å². The Hall–Kier alpha value is -1.76. The number of benzene rings is 2. The van der Waals surface area contributed by atoms with Crippen LogP contribution >= 0.6 is 11.6 Å². The van der Waals surface area contributed by atoms with Crippen molar-refractivity contribution in [1.29, 1.82) is 0 Å². The van der Waals surface area contributed by atoms with Gasteiger partial charge in [0.25, 0.3) is 0 Å². The fourth-order valence-corrected chi connectivity index (χ4v) is 1.86. The van der Waals surface area contributed by atoms with E-state index in [2.05, 4.69) is 0 Å². The molecule has 0 saturated carbocycles. The molecule has 0 heterocycles. The lowest BCUT2D eigenvalue weighted by molar-refractivity contribution is 0.299. The molecule has 2 rings (SSSR count). The van der Waals surface area contributed by atoms with Gasteiger partial charge in [0.1, 0.15) is 18.2 Å². The van der Waals surface area contributed by atoms with E-state index in [0.29, 0.717) is 18.2 Å². The molecule has 1 nitrogen and oxygen atoms in total. The molecule has 0 aliphatic heterocycles. The van der Waals surface area contributed by atoms with Crippen molar-refractivity contribution in [3.05, 3.63) is 58.6 Å². The minimum Gasteiger partial charge on any atom is -0.492 e. The zero-order chi connectivity index (χ0) is 15.6. The fourth-order valence-electron chi connectivity index (χ4n) is 1.70. The summed E-state index contributed by atoms with van der Waals surface area (Å²) in [6.45, 7) is -5.82. The van der Waals surface area contributed by atoms with Crippen molar-refractivity contribution in [2.24, 2.45) is 0 Å². The molecule has 0 aromatic heterocycles. The van der Waals surface area contributed by atoms with Gasteiger partial charge < -0.3 is 17.7 Å². The van der Waals surface area contributed by atoms with Crippen molar-refractivity contribution < 1.29 is 26.5 Å². The molecule has 0 atom stereocenters. The van der Waals surface area contributed by atoms with E-state index in [9.17, 15) is 21.7 Å². The van der Waals surface area contributed by atoms with Crippen LogP contribution in [0.4, 0.5) is 21.7 Å². The Labute approximate surface area is 122 Å². The third kappa shape index (κ3) is 3.88. The van der Waals surface area contributed by atoms with Crippen LogP contribution in [0.3, 0.4) is 0 Å². The minimum absolute atomic E-state index is 0.0179. The van der Waals surface area contributed by atoms with Crippen molar-refractivity contribution in [2.75, 3.05) is 0 Å². The molecule has 0 aliphatic rings. The molecule has 0 saturated heterocycles. The van der Waals surface area contributed by atoms with Crippen LogP contribution in [0, 0.1) is 11.6 Å². The van der Waals surface area contributed by atoms with Crippen molar-refractivity contribution in [2.45, 2.75) is 6.61 Å². The van der Waals surface area contributed by atoms with E-state index >= 15 is 0 Å². The standard InChI is InChI=1S/C13H8BClF5O/c15-9-2-1-8(12(17)5-9)7-21-13-6-10(16)3-4-11(13)14(18,19)20/h1-6H,7H2/q-1. The SMILES string of the molecule is Fc1ccc([B-](F)(F)F)c(OCc2ccc(Cl)cc2F)c1. The highest BCUT2D eigenvalue weighted by molar-refractivity contribution is 6.74. The molecular formula is C13H8BClF5O-. The van der Waals surface area contributed by atoms with Crippen LogP contribution in [-0.2, 0) is 6.61 Å². The van der Waals surface area contributed by atoms with E-state index in [1.165, 1.54) is 12.1 Å². The van der Waals surface area contributed by atoms with Crippen LogP contribution in [0.15, 0.2) is 36.4 Å². The average molecular weight is 321 g/mol. The third-order valence-corrected chi connectivity index (χ3v) is 2.96. The molecule has 0 fully saturated rings. The monoisotopic (exact) mass is 321 g/mol. The molecule has 0 unspecified atom stereocenters. The second kappa shape index (κ2) is 5.93. The fraction of sp³-hybridized carbons (Fsp3) is 0.0769. The quantitative estimate of drug-likeness (QED) is 0.604. The Morgan fingerprint density at radius 1 is 1.00 bits per heavy atom. The zero-order valence-corrected chi connectivity index (χ0v) is 11.2. The molecule has 2 aromatic carbocycles. The highest BCUT2D eigenvalue weighted by Gasteiger charge is 2.29. The highest BCUT2D eigenvalue weighted by Crippen LogP contribution is 2.21. The molecule has 8 heteroatoms. The van der Waals surface area contributed by atoms with Crippen LogP contribution in [0.2, 0.25) is 5.02 Å². The predicted octanol–water partition coefficient (Wildman–Crippen LogP) is 4.25. The van der Waals surface area contributed by atoms with Crippen LogP contribution in [0.25, 0.3) is 0 Å². The van der Waals surface area contributed by atoms with Gasteiger partial charge in [0, 0.05) is 16.7 Å². The summed E-state index contributed by atoms with van der Waals surface area (Å²) < 4.78 is 69.9. The highest BCUT2D eigenvalue weighted by atomic mass is 35.5. The topological polar surface area (TPSA) is 9.23 Å². The lowest BCUT2D eigenvalue weighted by Crippen LogP contribution is -2.35. The molecule has 0 bridgehead atoms. The Balaban J connectivity index is 2.25. The number of ether oxygens (including phenoxy) is 1. The van der Waals surface area contributed by atoms with Gasteiger partial charge in [0.05, 0.1) is 5.75 Å². The molecule has 0 radical (unpaired) electrons. The lowest BCUT2D eigenvalue weighted by Gasteiger charge is -2.20. The van der Waals surface area contributed by atoms with Crippen molar-refractivity contribution in [3.8, 4) is 5.75 Å². The summed E-state index contributed by atoms with van der Waals surface area (Å²) in [5, 5.41) is 0.154. The Bertz CT molecular complexity index is 659. The molecular weight excluding hydrogens is 313 g/mol. The van der Waals surface area contributed by atoms with E-state index in [4.69, 9.17) is 16.3 Å². The summed E-state index contributed by atoms with van der Waals surface area (Å²) in [5.41, 5.74) is -1.05. The summed E-state index contributed by atoms with van der Waals surface area (Å²) in [5.74, 6) is -2.25. The first-order valence-electron chi connectivity index (χ1n) is 5.83. The van der Waals surface area contributed by atoms with Gasteiger partial charge in [-0.3, -0.25) is 0 Å². The van der Waals surface area contributed by atoms with Gasteiger partial charge in [-0.15, -0.1) is 0 Å². The number of hydrogen-bond donors (Lipinski definition) is 0. The first kappa shape index (κ1) is 15.6. The van der Waals surface area contributed by atoms with Gasteiger partial charge in [-0.25, -0.2) is 8.78 Å². The summed E-state index contributed by atoms with van der Waals surface area (Å²) in [7, 11) is 0. The van der Waals surface area contributed by atoms with Crippen LogP contribution in [-0.4, -0.2) is 6.98 Å². The summed E-state index contributed by atoms with van der Waals surface area (Å²) in [6.07, 6.45) is 0. The Kier molecular flexibility index (Phi) is 4.41. The normalized spacial score (nSPS) is 11.5. The summed E-state index contributed by atoms with van der Waals surface area (Å²) in [4.78, 5) is 0. The smallest absolute Gasteiger partial charge is 0.492 e. The van der Waals surface area contributed by atoms with Gasteiger partial charge in [-0.05, 0) is 18.2 Å². The van der Waals surface area contributed by atoms with E-state index < -0.39 is 36.4 Å². The van der Waals surface area contributed by atoms with E-state index in [1.807, 2.05) is 0 Å². The molecule has 21 heavy (non-hydrogen) atoms. The van der Waals surface area contributed by atoms with Crippen molar-refractivity contribution in [3.63, 3.8) is 0 Å². The second-order valence-corrected chi connectivity index (χ2v) is 4.72. The Morgan fingerprint density at radius 3 is 2.33 bits per heavy atom. The van der Waals surface area contributed by atoms with Gasteiger partial charge in [0.2, 0.25) is 0 Å². The van der Waals surface area contributed by atoms with Gasteiger partial charge >= 0.3 is 6.98 Å².